The molecule has 4 aliphatic carbocycles. The highest BCUT2D eigenvalue weighted by molar-refractivity contribution is 5.87. The molecule has 1 saturated heterocycles. The Morgan fingerprint density at radius 3 is 2.41 bits per heavy atom. The minimum atomic E-state index is -0.601. The van der Waals surface area contributed by atoms with Gasteiger partial charge in [-0.3, -0.25) is 9.59 Å². The molecule has 1 heterocycles. The maximum absolute atomic E-state index is 12.8. The fraction of sp³-hybridized carbons (Fsp3) is 0.917. The number of ether oxygens (including phenoxy) is 3. The summed E-state index contributed by atoms with van der Waals surface area (Å²) in [6.45, 7) is 10.2. The van der Waals surface area contributed by atoms with Gasteiger partial charge in [0.15, 0.2) is 5.79 Å². The van der Waals surface area contributed by atoms with Crippen LogP contribution in [-0.4, -0.2) is 35.9 Å². The highest BCUT2D eigenvalue weighted by atomic mass is 16.8. The lowest BCUT2D eigenvalue weighted by molar-refractivity contribution is -0.192. The number of carbonyl (C=O) groups excluding carboxylic acids is 2. The van der Waals surface area contributed by atoms with Gasteiger partial charge in [0.2, 0.25) is 0 Å². The lowest BCUT2D eigenvalue weighted by Gasteiger charge is -2.62. The van der Waals surface area contributed by atoms with E-state index in [0.717, 1.165) is 44.9 Å². The number of ketones is 1. The van der Waals surface area contributed by atoms with Crippen molar-refractivity contribution in [3.63, 3.8) is 0 Å². The first-order chi connectivity index (χ1) is 13.6. The number of hydrogen-bond acceptors (Lipinski definition) is 5. The molecule has 0 radical (unpaired) electrons. The van der Waals surface area contributed by atoms with Gasteiger partial charge in [0.25, 0.3) is 0 Å². The number of hydrogen-bond donors (Lipinski definition) is 0. The minimum absolute atomic E-state index is 0.0167. The second-order valence-corrected chi connectivity index (χ2v) is 11.4. The molecule has 5 rings (SSSR count). The van der Waals surface area contributed by atoms with Crippen LogP contribution in [0.2, 0.25) is 0 Å². The second-order valence-electron chi connectivity index (χ2n) is 11.4. The molecule has 5 heteroatoms. The molecule has 0 spiro atoms. The van der Waals surface area contributed by atoms with Crippen LogP contribution in [-0.2, 0) is 23.8 Å². The summed E-state index contributed by atoms with van der Waals surface area (Å²) in [7, 11) is 0. The maximum atomic E-state index is 12.8. The quantitative estimate of drug-likeness (QED) is 0.611. The summed E-state index contributed by atoms with van der Waals surface area (Å²) in [6.07, 6.45) is 6.72. The molecule has 1 aliphatic heterocycles. The fourth-order valence-corrected chi connectivity index (χ4v) is 8.26. The molecular weight excluding hydrogens is 368 g/mol. The average Bonchev–Trinajstić information content (AvgIpc) is 3.11. The Labute approximate surface area is 174 Å². The molecule has 5 aliphatic rings. The van der Waals surface area contributed by atoms with Gasteiger partial charge in [-0.1, -0.05) is 13.8 Å². The first kappa shape index (κ1) is 20.0. The number of rotatable bonds is 1. The number of Topliss-reactive ketones (excluding diaryl/α,β-unsaturated/α-hetero) is 1. The summed E-state index contributed by atoms with van der Waals surface area (Å²) < 4.78 is 18.8. The smallest absolute Gasteiger partial charge is 0.302 e. The Balaban J connectivity index is 1.53. The number of esters is 1. The van der Waals surface area contributed by atoms with Crippen molar-refractivity contribution in [1.82, 2.24) is 0 Å². The number of fused-ring (bicyclic) bond motifs is 8. The molecule has 0 aromatic rings. The summed E-state index contributed by atoms with van der Waals surface area (Å²) in [4.78, 5) is 24.4. The van der Waals surface area contributed by atoms with Crippen LogP contribution in [0.3, 0.4) is 0 Å². The molecule has 0 aromatic carbocycles. The van der Waals surface area contributed by atoms with Gasteiger partial charge in [0.05, 0.1) is 12.2 Å². The molecule has 0 N–H and O–H groups in total. The Bertz CT molecular complexity index is 731. The monoisotopic (exact) mass is 404 g/mol. The third-order valence-corrected chi connectivity index (χ3v) is 9.53. The summed E-state index contributed by atoms with van der Waals surface area (Å²) in [5, 5.41) is 0. The molecule has 0 bridgehead atoms. The summed E-state index contributed by atoms with van der Waals surface area (Å²) in [6, 6.07) is 0. The molecule has 4 saturated carbocycles. The van der Waals surface area contributed by atoms with Crippen molar-refractivity contribution in [2.24, 2.45) is 34.5 Å². The zero-order valence-electron chi connectivity index (χ0n) is 18.5. The lowest BCUT2D eigenvalue weighted by atomic mass is 9.44. The second kappa shape index (κ2) is 6.29. The number of carbonyl (C=O) groups is 2. The van der Waals surface area contributed by atoms with Crippen molar-refractivity contribution in [3.05, 3.63) is 0 Å². The Hall–Kier alpha value is -0.940. The van der Waals surface area contributed by atoms with E-state index in [9.17, 15) is 9.59 Å². The summed E-state index contributed by atoms with van der Waals surface area (Å²) in [5.41, 5.74) is -0.0286. The largest absolute Gasteiger partial charge is 0.463 e. The van der Waals surface area contributed by atoms with E-state index in [4.69, 9.17) is 14.2 Å². The molecular formula is C24H36O5. The van der Waals surface area contributed by atoms with Gasteiger partial charge in [-0.15, -0.1) is 0 Å². The van der Waals surface area contributed by atoms with E-state index in [1.165, 1.54) is 6.92 Å². The first-order valence-electron chi connectivity index (χ1n) is 11.6. The van der Waals surface area contributed by atoms with Crippen LogP contribution in [0.1, 0.15) is 79.6 Å². The van der Waals surface area contributed by atoms with Gasteiger partial charge in [0, 0.05) is 18.8 Å². The third kappa shape index (κ3) is 2.79. The standard InChI is InChI=1S/C24H36O5/c1-13(25)27-14-8-10-23(4)16-9-11-24(5)15(6-7-18(24)26)19(16)21-20(17(23)12-14)28-22(2,3)29-21/h14-17,19-21H,6-12H2,1-5H3/t14-,15?,16?,17?,19?,20-,21-,23-,24+/m1/s1. The van der Waals surface area contributed by atoms with Crippen LogP contribution >= 0.6 is 0 Å². The van der Waals surface area contributed by atoms with Crippen LogP contribution in [0.15, 0.2) is 0 Å². The van der Waals surface area contributed by atoms with Gasteiger partial charge in [-0.05, 0) is 81.5 Å². The highest BCUT2D eigenvalue weighted by Gasteiger charge is 2.68. The van der Waals surface area contributed by atoms with Crippen molar-refractivity contribution in [3.8, 4) is 0 Å². The Morgan fingerprint density at radius 1 is 0.966 bits per heavy atom. The topological polar surface area (TPSA) is 61.8 Å². The van der Waals surface area contributed by atoms with E-state index in [-0.39, 0.29) is 35.1 Å². The van der Waals surface area contributed by atoms with Crippen LogP contribution in [0.5, 0.6) is 0 Å². The van der Waals surface area contributed by atoms with Crippen molar-refractivity contribution in [1.29, 1.82) is 0 Å². The maximum Gasteiger partial charge on any atom is 0.302 e. The molecule has 0 amide bonds. The molecule has 162 valence electrons. The molecule has 0 aromatic heterocycles. The Morgan fingerprint density at radius 2 is 1.69 bits per heavy atom. The van der Waals surface area contributed by atoms with E-state index in [2.05, 4.69) is 13.8 Å². The highest BCUT2D eigenvalue weighted by Crippen LogP contribution is 2.67. The summed E-state index contributed by atoms with van der Waals surface area (Å²) >= 11 is 0. The molecule has 5 nitrogen and oxygen atoms in total. The van der Waals surface area contributed by atoms with E-state index in [1.807, 2.05) is 13.8 Å². The van der Waals surface area contributed by atoms with E-state index < -0.39 is 5.79 Å². The molecule has 5 fully saturated rings. The van der Waals surface area contributed by atoms with Crippen molar-refractivity contribution in [2.75, 3.05) is 0 Å². The first-order valence-corrected chi connectivity index (χ1v) is 11.6. The Kier molecular flexibility index (Phi) is 4.33. The van der Waals surface area contributed by atoms with Crippen LogP contribution < -0.4 is 0 Å². The predicted molar refractivity (Wildman–Crippen MR) is 107 cm³/mol. The third-order valence-electron chi connectivity index (χ3n) is 9.53. The van der Waals surface area contributed by atoms with Gasteiger partial charge < -0.3 is 14.2 Å². The predicted octanol–water partition coefficient (Wildman–Crippen LogP) is 4.27. The minimum Gasteiger partial charge on any atom is -0.463 e. The van der Waals surface area contributed by atoms with E-state index in [0.29, 0.717) is 29.5 Å². The van der Waals surface area contributed by atoms with Crippen molar-refractivity contribution < 1.29 is 23.8 Å². The zero-order valence-corrected chi connectivity index (χ0v) is 18.5. The SMILES string of the molecule is CC(=O)O[C@@H]1CC[C@]2(C)C3CC[C@]4(C)C(=O)CCC4C3[C@H]3OC(C)(C)O[C@@H]3C2C1. The van der Waals surface area contributed by atoms with Crippen molar-refractivity contribution in [2.45, 2.75) is 104 Å². The van der Waals surface area contributed by atoms with Gasteiger partial charge in [-0.2, -0.15) is 0 Å². The van der Waals surface area contributed by atoms with Crippen molar-refractivity contribution >= 4 is 11.8 Å². The normalized spacial score (nSPS) is 52.9. The average molecular weight is 405 g/mol. The van der Waals surface area contributed by atoms with Gasteiger partial charge >= 0.3 is 5.97 Å². The van der Waals surface area contributed by atoms with E-state index >= 15 is 0 Å². The van der Waals surface area contributed by atoms with Crippen LogP contribution in [0.25, 0.3) is 0 Å². The fourth-order valence-electron chi connectivity index (χ4n) is 8.26. The summed E-state index contributed by atoms with van der Waals surface area (Å²) in [5.74, 6) is 1.34. The van der Waals surface area contributed by atoms with E-state index in [1.54, 1.807) is 0 Å². The zero-order chi connectivity index (χ0) is 20.8. The molecule has 29 heavy (non-hydrogen) atoms. The molecule has 4 unspecified atom stereocenters. The lowest BCUT2D eigenvalue weighted by Crippen LogP contribution is -2.63. The van der Waals surface area contributed by atoms with Gasteiger partial charge in [-0.25, -0.2) is 0 Å². The van der Waals surface area contributed by atoms with Crippen LogP contribution in [0.4, 0.5) is 0 Å². The molecule has 9 atom stereocenters. The van der Waals surface area contributed by atoms with Gasteiger partial charge in [0.1, 0.15) is 11.9 Å². The van der Waals surface area contributed by atoms with Crippen LogP contribution in [0, 0.1) is 34.5 Å².